The normalized spacial score (nSPS) is 24.0. The number of amides is 9. The first-order chi connectivity index (χ1) is 39.8. The number of rotatable bonds is 20. The minimum Gasteiger partial charge on any atom is -0.497 e. The van der Waals surface area contributed by atoms with E-state index in [1.807, 2.05) is 62.3 Å². The lowest BCUT2D eigenvalue weighted by Crippen LogP contribution is -2.62. The van der Waals surface area contributed by atoms with E-state index in [1.165, 1.54) is 85.5 Å². The van der Waals surface area contributed by atoms with Gasteiger partial charge in [-0.1, -0.05) is 94.7 Å². The maximum Gasteiger partial charge on any atom is 0.324 e. The number of benzene rings is 1. The van der Waals surface area contributed by atoms with E-state index in [0.717, 1.165) is 5.56 Å². The Bertz CT molecular complexity index is 2460. The van der Waals surface area contributed by atoms with Crippen LogP contribution < -0.4 is 15.4 Å². The van der Waals surface area contributed by atoms with Crippen molar-refractivity contribution in [2.24, 2.45) is 35.5 Å². The minimum absolute atomic E-state index is 0.0726. The lowest BCUT2D eigenvalue weighted by Gasteiger charge is -2.41. The van der Waals surface area contributed by atoms with Gasteiger partial charge in [0.2, 0.25) is 47.3 Å². The molecule has 1 aromatic carbocycles. The maximum atomic E-state index is 15.4. The second kappa shape index (κ2) is 33.7. The lowest BCUT2D eigenvalue weighted by molar-refractivity contribution is -0.169. The molecule has 1 heterocycles. The first-order valence-corrected chi connectivity index (χ1v) is 30.8. The summed E-state index contributed by atoms with van der Waals surface area (Å²) in [6, 6.07) is -3.16. The molecule has 22 nitrogen and oxygen atoms in total. The highest BCUT2D eigenvalue weighted by Crippen LogP contribution is 2.27. The third-order valence-electron chi connectivity index (χ3n) is 17.5. The first-order valence-electron chi connectivity index (χ1n) is 30.8. The Kier molecular flexibility index (Phi) is 29.7. The van der Waals surface area contributed by atoms with E-state index in [-0.39, 0.29) is 43.4 Å². The van der Waals surface area contributed by atoms with Crippen LogP contribution in [0.25, 0.3) is 0 Å². The van der Waals surface area contributed by atoms with Gasteiger partial charge in [0.25, 0.3) is 5.91 Å². The van der Waals surface area contributed by atoms with Gasteiger partial charge in [0.15, 0.2) is 6.10 Å². The highest BCUT2D eigenvalue weighted by molar-refractivity contribution is 5.98. The van der Waals surface area contributed by atoms with Crippen molar-refractivity contribution >= 4 is 59.1 Å². The van der Waals surface area contributed by atoms with Crippen LogP contribution in [0.2, 0.25) is 0 Å². The standard InChI is InChI=1S/C64H110N10O12/c1-26-40(10)52-56(76)65-43(13)57(77)71(21)49(33-36(2)3)55(75)66-48(35-46-29-31-47(85-25)32-30-46)60(80)68(18)42(12)28-27-41(11)53(62(82)69(19)45(15)59(79)73(52)23)74(24)61(81)50(34-37(4)5)72(22)58(78)44(14)70(20)63(83)54(39(8)9)86-64(84)51(38(6)7)67(16)17/h29-32,36-45,48-54H,26-28,33-35H2,1-25H3,(H,65,76)(H,66,75)/t40-,41-,42+,43-,44-,45-,48-,49-,50-,51-,52-,53-,54+/m0/s1. The summed E-state index contributed by atoms with van der Waals surface area (Å²) in [5.74, 6) is -6.99. The molecule has 9 amide bonds. The number of carbonyl (C=O) groups excluding carboxylic acids is 10. The average molecular weight is 1210 g/mol. The molecule has 0 radical (unpaired) electrons. The van der Waals surface area contributed by atoms with Crippen LogP contribution in [0, 0.1) is 35.5 Å². The monoisotopic (exact) mass is 1210 g/mol. The number of hydrogen-bond acceptors (Lipinski definition) is 13. The predicted molar refractivity (Wildman–Crippen MR) is 333 cm³/mol. The van der Waals surface area contributed by atoms with E-state index in [0.29, 0.717) is 18.6 Å². The molecule has 1 aromatic rings. The van der Waals surface area contributed by atoms with Crippen LogP contribution >= 0.6 is 0 Å². The van der Waals surface area contributed by atoms with Crippen LogP contribution in [-0.4, -0.2) is 235 Å². The summed E-state index contributed by atoms with van der Waals surface area (Å²) < 4.78 is 11.3. The number of nitrogens with one attached hydrogen (secondary N) is 2. The zero-order valence-corrected chi connectivity index (χ0v) is 56.8. The van der Waals surface area contributed by atoms with Crippen LogP contribution in [0.1, 0.15) is 142 Å². The molecule has 1 aliphatic rings. The molecule has 488 valence electrons. The number of likely N-dealkylation sites (N-methyl/N-ethyl adjacent to an activating group) is 8. The quantitative estimate of drug-likeness (QED) is 0.167. The Balaban J connectivity index is 2.86. The molecule has 1 fully saturated rings. The largest absolute Gasteiger partial charge is 0.497 e. The number of carbonyl (C=O) groups is 10. The highest BCUT2D eigenvalue weighted by atomic mass is 16.6. The Hall–Kier alpha value is -6.32. The van der Waals surface area contributed by atoms with Gasteiger partial charge in [-0.2, -0.15) is 0 Å². The molecule has 0 aromatic heterocycles. The van der Waals surface area contributed by atoms with E-state index in [9.17, 15) is 38.4 Å². The van der Waals surface area contributed by atoms with Gasteiger partial charge < -0.3 is 54.4 Å². The van der Waals surface area contributed by atoms with E-state index in [2.05, 4.69) is 10.6 Å². The average Bonchev–Trinajstić information content (AvgIpc) is 1.91. The summed E-state index contributed by atoms with van der Waals surface area (Å²) in [5, 5.41) is 5.81. The fourth-order valence-electron chi connectivity index (χ4n) is 11.3. The first kappa shape index (κ1) is 75.8. The molecule has 1 saturated heterocycles. The van der Waals surface area contributed by atoms with Crippen molar-refractivity contribution in [3.63, 3.8) is 0 Å². The Morgan fingerprint density at radius 1 is 0.640 bits per heavy atom. The molecule has 2 N–H and O–H groups in total. The fourth-order valence-corrected chi connectivity index (χ4v) is 11.3. The van der Waals surface area contributed by atoms with Crippen LogP contribution in [0.5, 0.6) is 5.75 Å². The van der Waals surface area contributed by atoms with Crippen molar-refractivity contribution in [2.75, 3.05) is 70.5 Å². The third-order valence-corrected chi connectivity index (χ3v) is 17.5. The van der Waals surface area contributed by atoms with Crippen LogP contribution in [-0.2, 0) is 59.1 Å². The number of ether oxygens (including phenoxy) is 2. The van der Waals surface area contributed by atoms with Crippen molar-refractivity contribution in [1.82, 2.24) is 49.8 Å². The van der Waals surface area contributed by atoms with Gasteiger partial charge in [-0.25, -0.2) is 0 Å². The van der Waals surface area contributed by atoms with Gasteiger partial charge in [-0.15, -0.1) is 0 Å². The van der Waals surface area contributed by atoms with Crippen LogP contribution in [0.4, 0.5) is 0 Å². The van der Waals surface area contributed by atoms with Crippen molar-refractivity contribution in [1.29, 1.82) is 0 Å². The van der Waals surface area contributed by atoms with Crippen molar-refractivity contribution in [3.05, 3.63) is 29.8 Å². The van der Waals surface area contributed by atoms with Gasteiger partial charge in [0, 0.05) is 61.8 Å². The lowest BCUT2D eigenvalue weighted by atomic mass is 9.90. The summed E-state index contributed by atoms with van der Waals surface area (Å²) in [4.78, 5) is 157. The SMILES string of the molecule is CC[C@H](C)[C@H]1C(=O)N[C@@H](C)C(=O)N(C)[C@@H](CC(C)C)C(=O)N[C@@H](Cc2ccc(OC)cc2)C(=O)N(C)[C@H](C)CC[C@H](C)[C@H](N(C)C(=O)[C@H](CC(C)C)N(C)C(=O)[C@H](C)N(C)C(=O)[C@H](OC(=O)[C@H](C(C)C)N(C)C)C(C)C)C(=O)N(C)[C@@H](C)C(=O)N1C. The molecule has 0 spiro atoms. The molecular formula is C64H110N10O12. The molecule has 0 aliphatic carbocycles. The molecule has 2 rings (SSSR count). The third kappa shape index (κ3) is 19.6. The zero-order chi connectivity index (χ0) is 66.3. The molecule has 13 atom stereocenters. The van der Waals surface area contributed by atoms with Crippen molar-refractivity contribution in [2.45, 2.75) is 209 Å². The Morgan fingerprint density at radius 2 is 1.21 bits per heavy atom. The molecule has 0 bridgehead atoms. The van der Waals surface area contributed by atoms with Crippen LogP contribution in [0.15, 0.2) is 24.3 Å². The number of esters is 1. The molecule has 86 heavy (non-hydrogen) atoms. The molecule has 0 saturated carbocycles. The summed E-state index contributed by atoms with van der Waals surface area (Å²) in [5.41, 5.74) is 0.726. The summed E-state index contributed by atoms with van der Waals surface area (Å²) in [6.45, 7) is 26.8. The topological polar surface area (TPSA) is 239 Å². The van der Waals surface area contributed by atoms with Crippen molar-refractivity contribution < 1.29 is 57.4 Å². The number of nitrogens with zero attached hydrogens (tertiary/aromatic N) is 8. The smallest absolute Gasteiger partial charge is 0.324 e. The van der Waals surface area contributed by atoms with Crippen LogP contribution in [0.3, 0.4) is 0 Å². The summed E-state index contributed by atoms with van der Waals surface area (Å²) in [6.07, 6.45) is 0.282. The summed E-state index contributed by atoms with van der Waals surface area (Å²) >= 11 is 0. The zero-order valence-electron chi connectivity index (χ0n) is 56.8. The van der Waals surface area contributed by atoms with Gasteiger partial charge in [-0.3, -0.25) is 52.8 Å². The predicted octanol–water partition coefficient (Wildman–Crippen LogP) is 4.80. The summed E-state index contributed by atoms with van der Waals surface area (Å²) in [7, 11) is 15.5. The van der Waals surface area contributed by atoms with Gasteiger partial charge in [0.05, 0.1) is 7.11 Å². The second-order valence-electron chi connectivity index (χ2n) is 26.1. The minimum atomic E-state index is -1.25. The van der Waals surface area contributed by atoms with Gasteiger partial charge in [-0.05, 0) is 121 Å². The Labute approximate surface area is 515 Å². The highest BCUT2D eigenvalue weighted by Gasteiger charge is 2.45. The molecular weight excluding hydrogens is 1100 g/mol. The van der Waals surface area contributed by atoms with Gasteiger partial charge >= 0.3 is 5.97 Å². The van der Waals surface area contributed by atoms with E-state index in [1.54, 1.807) is 90.0 Å². The number of methoxy groups -OCH3 is 1. The van der Waals surface area contributed by atoms with Gasteiger partial charge in [0.1, 0.15) is 60.1 Å². The Morgan fingerprint density at radius 3 is 1.70 bits per heavy atom. The number of hydrogen-bond donors (Lipinski definition) is 2. The fraction of sp³-hybridized carbons (Fsp3) is 0.750. The molecule has 1 aliphatic heterocycles. The van der Waals surface area contributed by atoms with E-state index in [4.69, 9.17) is 9.47 Å². The van der Waals surface area contributed by atoms with E-state index < -0.39 is 143 Å². The maximum absolute atomic E-state index is 15.4. The van der Waals surface area contributed by atoms with E-state index >= 15 is 9.59 Å². The second-order valence-corrected chi connectivity index (χ2v) is 26.1. The van der Waals surface area contributed by atoms with Crippen molar-refractivity contribution in [3.8, 4) is 5.75 Å². The molecule has 22 heteroatoms. The molecule has 0 unspecified atom stereocenters.